The van der Waals surface area contributed by atoms with E-state index in [1.807, 2.05) is 6.92 Å². The summed E-state index contributed by atoms with van der Waals surface area (Å²) in [5.74, 6) is -0.750. The molecule has 8 fully saturated rings. The number of carbonyl (C=O) groups excluding carboxylic acids is 1. The smallest absolute Gasteiger partial charge is 0.314 e. The number of fused-ring (bicyclic) bond motifs is 3. The molecule has 1 spiro atoms. The molecule has 0 aromatic heterocycles. The van der Waals surface area contributed by atoms with Crippen LogP contribution in [0.15, 0.2) is 12.2 Å². The van der Waals surface area contributed by atoms with E-state index < -0.39 is 165 Å². The average Bonchev–Trinajstić information content (AvgIpc) is 3.48. The lowest BCUT2D eigenvalue weighted by atomic mass is 9.41. The molecule has 13 N–H and O–H groups in total. The Balaban J connectivity index is 1.06. The molecule has 4 saturated heterocycles. The van der Waals surface area contributed by atoms with Crippen molar-refractivity contribution in [2.75, 3.05) is 19.8 Å². The first-order valence-corrected chi connectivity index (χ1v) is 23.2. The van der Waals surface area contributed by atoms with Crippen molar-refractivity contribution < 1.29 is 109 Å². The molecule has 0 unspecified atom stereocenters. The number of aliphatic hydroxyl groups excluding tert-OH is 13. The topological polar surface area (TPSA) is 354 Å². The van der Waals surface area contributed by atoms with Crippen LogP contribution < -0.4 is 0 Å². The van der Waals surface area contributed by atoms with Gasteiger partial charge in [-0.05, 0) is 93.5 Å². The Morgan fingerprint density at radius 1 is 0.606 bits per heavy atom. The van der Waals surface area contributed by atoms with Crippen LogP contribution in [0.25, 0.3) is 0 Å². The molecular weight excluding hydrogens is 880 g/mol. The fourth-order valence-electron chi connectivity index (χ4n) is 13.4. The maximum absolute atomic E-state index is 14.3. The summed E-state index contributed by atoms with van der Waals surface area (Å²) in [6, 6.07) is 0. The first-order valence-electron chi connectivity index (χ1n) is 23.2. The SMILES string of the molecule is C=C1C[C@@]23CC[C@@H]4[C@@](C)(CCC[C@@]4(C)C(=O)O[C@@H]4O[C@H](CO)[C@@H](O)[C@H](O)[C@H]4O)[C@@H]2CC[C@]1(O[C@@H]1O[C@H](CO)[C@@H](O)[C@H](O[C@@H]2O[C@H](CO)[C@@H](O)[C@H](O)[C@H]2O)[C@H]1O[C@H]1O[C@H](C)[C@@H](O)[C@H](O)[C@@H]1O)C3. The maximum Gasteiger partial charge on any atom is 0.314 e. The molecule has 66 heavy (non-hydrogen) atoms. The van der Waals surface area contributed by atoms with Crippen LogP contribution in [0.3, 0.4) is 0 Å². The monoisotopic (exact) mass is 950 g/mol. The van der Waals surface area contributed by atoms with Crippen LogP contribution in [0.5, 0.6) is 0 Å². The Morgan fingerprint density at radius 3 is 1.74 bits per heavy atom. The standard InChI is InChI=1S/C44H70O22/c1-17-12-43-10-6-22-41(3,8-5-9-42(22,4)40(58)65-38-33(57)30(54)26(50)20(14-46)61-38)23(43)7-11-44(17,16-43)66-39-35(64-36-31(55)28(52)24(48)18(2)59-36)34(27(51)21(15-47)62-39)63-37-32(56)29(53)25(49)19(13-45)60-37/h18-39,45-57H,1,5-16H2,2-4H3/t18-,19-,20-,21-,22-,23+,24-,25-,26-,27-,28+,29+,30+,31+,32-,33-,34+,35-,36-,37+,38+,39+,41-,42-,43-,44+/m1/s1. The first kappa shape index (κ1) is 50.8. The van der Waals surface area contributed by atoms with Gasteiger partial charge in [-0.25, -0.2) is 0 Å². The van der Waals surface area contributed by atoms with E-state index in [0.29, 0.717) is 51.4 Å². The molecule has 4 aliphatic carbocycles. The van der Waals surface area contributed by atoms with Gasteiger partial charge < -0.3 is 104 Å². The average molecular weight is 951 g/mol. The van der Waals surface area contributed by atoms with Gasteiger partial charge in [-0.3, -0.25) is 4.79 Å². The van der Waals surface area contributed by atoms with Crippen LogP contribution in [0.4, 0.5) is 0 Å². The molecule has 0 aromatic rings. The molecule has 4 heterocycles. The van der Waals surface area contributed by atoms with Crippen molar-refractivity contribution in [3.05, 3.63) is 12.2 Å². The zero-order chi connectivity index (χ0) is 48.0. The van der Waals surface area contributed by atoms with Gasteiger partial charge in [0.25, 0.3) is 0 Å². The van der Waals surface area contributed by atoms with Gasteiger partial charge in [0.2, 0.25) is 6.29 Å². The third kappa shape index (κ3) is 8.30. The number of hydrogen-bond donors (Lipinski definition) is 13. The minimum atomic E-state index is -1.92. The fraction of sp³-hybridized carbons (Fsp3) is 0.932. The van der Waals surface area contributed by atoms with Crippen molar-refractivity contribution in [3.8, 4) is 0 Å². The predicted octanol–water partition coefficient (Wildman–Crippen LogP) is -4.09. The van der Waals surface area contributed by atoms with Crippen molar-refractivity contribution >= 4 is 5.97 Å². The van der Waals surface area contributed by atoms with Gasteiger partial charge in [0.1, 0.15) is 91.6 Å². The fourth-order valence-corrected chi connectivity index (χ4v) is 13.4. The summed E-state index contributed by atoms with van der Waals surface area (Å²) in [5.41, 5.74) is -2.19. The summed E-state index contributed by atoms with van der Waals surface area (Å²) in [4.78, 5) is 14.3. The van der Waals surface area contributed by atoms with E-state index >= 15 is 0 Å². The van der Waals surface area contributed by atoms with Gasteiger partial charge in [-0.2, -0.15) is 0 Å². The van der Waals surface area contributed by atoms with Crippen LogP contribution >= 0.6 is 0 Å². The summed E-state index contributed by atoms with van der Waals surface area (Å²) in [6.07, 6.45) is -27.4. The van der Waals surface area contributed by atoms with Gasteiger partial charge >= 0.3 is 5.97 Å². The molecule has 22 heteroatoms. The predicted molar refractivity (Wildman–Crippen MR) is 218 cm³/mol. The van der Waals surface area contributed by atoms with Gasteiger partial charge in [0, 0.05) is 0 Å². The van der Waals surface area contributed by atoms with Crippen LogP contribution in [0.1, 0.15) is 78.6 Å². The molecule has 26 atom stereocenters. The van der Waals surface area contributed by atoms with Crippen molar-refractivity contribution in [1.29, 1.82) is 0 Å². The third-order valence-corrected chi connectivity index (χ3v) is 17.0. The van der Waals surface area contributed by atoms with Crippen molar-refractivity contribution in [3.63, 3.8) is 0 Å². The van der Waals surface area contributed by atoms with Crippen molar-refractivity contribution in [2.24, 2.45) is 28.1 Å². The van der Waals surface area contributed by atoms with E-state index in [9.17, 15) is 71.2 Å². The van der Waals surface area contributed by atoms with E-state index in [0.717, 1.165) is 12.0 Å². The van der Waals surface area contributed by atoms with Crippen molar-refractivity contribution in [1.82, 2.24) is 0 Å². The van der Waals surface area contributed by atoms with Gasteiger partial charge in [-0.15, -0.1) is 0 Å². The molecule has 8 aliphatic rings. The summed E-state index contributed by atoms with van der Waals surface area (Å²) in [6.45, 7) is 7.77. The van der Waals surface area contributed by atoms with E-state index in [2.05, 4.69) is 13.5 Å². The highest BCUT2D eigenvalue weighted by molar-refractivity contribution is 5.77. The quantitative estimate of drug-likeness (QED) is 0.0532. The van der Waals surface area contributed by atoms with Gasteiger partial charge in [0.15, 0.2) is 18.9 Å². The molecule has 0 amide bonds. The number of rotatable bonds is 11. The Kier molecular flexibility index (Phi) is 14.5. The molecule has 2 bridgehead atoms. The van der Waals surface area contributed by atoms with E-state index in [4.69, 9.17) is 37.9 Å². The summed E-state index contributed by atoms with van der Waals surface area (Å²) >= 11 is 0. The zero-order valence-corrected chi connectivity index (χ0v) is 37.4. The third-order valence-electron chi connectivity index (χ3n) is 17.0. The van der Waals surface area contributed by atoms with Crippen LogP contribution in [-0.2, 0) is 42.7 Å². The van der Waals surface area contributed by atoms with Crippen molar-refractivity contribution in [2.45, 2.75) is 207 Å². The molecular formula is C44H70O22. The Bertz CT molecular complexity index is 1740. The number of hydrogen-bond acceptors (Lipinski definition) is 22. The second-order valence-electron chi connectivity index (χ2n) is 20.8. The summed E-state index contributed by atoms with van der Waals surface area (Å²) < 4.78 is 48.4. The lowest BCUT2D eigenvalue weighted by Gasteiger charge is -2.64. The molecule has 4 saturated carbocycles. The highest BCUT2D eigenvalue weighted by Gasteiger charge is 2.70. The van der Waals surface area contributed by atoms with E-state index in [1.165, 1.54) is 6.92 Å². The molecule has 22 nitrogen and oxygen atoms in total. The lowest BCUT2D eigenvalue weighted by Crippen LogP contribution is -2.67. The van der Waals surface area contributed by atoms with Crippen LogP contribution in [0, 0.1) is 28.1 Å². The normalized spacial score (nSPS) is 55.2. The largest absolute Gasteiger partial charge is 0.432 e. The van der Waals surface area contributed by atoms with Crippen LogP contribution in [0.2, 0.25) is 0 Å². The minimum absolute atomic E-state index is 0.0493. The summed E-state index contributed by atoms with van der Waals surface area (Å²) in [5, 5.41) is 137. The minimum Gasteiger partial charge on any atom is -0.432 e. The number of carbonyl (C=O) groups is 1. The van der Waals surface area contributed by atoms with Gasteiger partial charge in [0.05, 0.1) is 36.9 Å². The highest BCUT2D eigenvalue weighted by Crippen LogP contribution is 2.73. The first-order chi connectivity index (χ1) is 31.1. The van der Waals surface area contributed by atoms with Gasteiger partial charge in [-0.1, -0.05) is 19.9 Å². The lowest BCUT2D eigenvalue weighted by molar-refractivity contribution is -0.398. The molecule has 4 aliphatic heterocycles. The molecule has 0 aromatic carbocycles. The molecule has 0 radical (unpaired) electrons. The Hall–Kier alpha value is -1.59. The number of esters is 1. The Morgan fingerprint density at radius 2 is 1.12 bits per heavy atom. The number of aliphatic hydroxyl groups is 13. The summed E-state index contributed by atoms with van der Waals surface area (Å²) in [7, 11) is 0. The second-order valence-corrected chi connectivity index (χ2v) is 20.8. The number of ether oxygens (including phenoxy) is 8. The second kappa shape index (κ2) is 18.9. The molecule has 378 valence electrons. The van der Waals surface area contributed by atoms with Crippen LogP contribution in [-0.4, -0.2) is 221 Å². The van der Waals surface area contributed by atoms with E-state index in [-0.39, 0.29) is 17.3 Å². The maximum atomic E-state index is 14.3. The molecule has 8 rings (SSSR count). The van der Waals surface area contributed by atoms with E-state index in [1.54, 1.807) is 0 Å². The highest BCUT2D eigenvalue weighted by atomic mass is 16.8. The Labute approximate surface area is 381 Å². The zero-order valence-electron chi connectivity index (χ0n) is 37.4.